The second-order valence-electron chi connectivity index (χ2n) is 30.1. The van der Waals surface area contributed by atoms with Gasteiger partial charge in [-0.1, -0.05) is 394 Å². The minimum Gasteiger partial charge on any atom is -0.462 e. The molecule has 0 aliphatic heterocycles. The van der Waals surface area contributed by atoms with Crippen molar-refractivity contribution < 1.29 is 80.2 Å². The van der Waals surface area contributed by atoms with E-state index in [0.717, 1.165) is 95.8 Å². The zero-order valence-electron chi connectivity index (χ0n) is 66.8. The maximum absolute atomic E-state index is 13.1. The molecule has 0 bridgehead atoms. The van der Waals surface area contributed by atoms with Crippen molar-refractivity contribution in [1.29, 1.82) is 0 Å². The number of carbonyl (C=O) groups is 4. The fraction of sp³-hybridized carbons (Fsp3) is 0.952. The van der Waals surface area contributed by atoms with E-state index in [1.54, 1.807) is 0 Å². The lowest BCUT2D eigenvalue weighted by atomic mass is 10.00. The number of rotatable bonds is 83. The lowest BCUT2D eigenvalue weighted by molar-refractivity contribution is -0.161. The highest BCUT2D eigenvalue weighted by Crippen LogP contribution is 2.45. The Morgan fingerprint density at radius 1 is 0.275 bits per heavy atom. The number of aliphatic hydroxyl groups excluding tert-OH is 1. The number of hydrogen-bond donors (Lipinski definition) is 3. The summed E-state index contributed by atoms with van der Waals surface area (Å²) in [5, 5.41) is 10.6. The van der Waals surface area contributed by atoms with Crippen molar-refractivity contribution in [2.75, 3.05) is 39.6 Å². The molecule has 0 aliphatic carbocycles. The van der Waals surface area contributed by atoms with Crippen LogP contribution in [0.25, 0.3) is 0 Å². The molecule has 102 heavy (non-hydrogen) atoms. The van der Waals surface area contributed by atoms with E-state index in [1.165, 1.54) is 270 Å². The van der Waals surface area contributed by atoms with Gasteiger partial charge in [-0.25, -0.2) is 9.13 Å². The Balaban J connectivity index is 5.17. The number of esters is 4. The number of aliphatic hydroxyl groups is 1. The molecule has 19 heteroatoms. The fourth-order valence-electron chi connectivity index (χ4n) is 12.9. The van der Waals surface area contributed by atoms with Gasteiger partial charge < -0.3 is 33.8 Å². The van der Waals surface area contributed by atoms with Crippen LogP contribution in [-0.2, 0) is 65.4 Å². The number of carbonyl (C=O) groups excluding carboxylic acids is 4. The second-order valence-corrected chi connectivity index (χ2v) is 33.0. The molecule has 0 fully saturated rings. The van der Waals surface area contributed by atoms with Crippen LogP contribution in [0.4, 0.5) is 0 Å². The van der Waals surface area contributed by atoms with Crippen molar-refractivity contribution in [3.8, 4) is 0 Å². The Morgan fingerprint density at radius 2 is 0.471 bits per heavy atom. The standard InChI is InChI=1S/C83H162O17P2/c1-6-10-13-16-19-22-25-27-29-31-33-35-37-39-41-43-45-48-51-57-62-67-81(86)93-72-78(99-82(87)68-63-58-52-49-46-44-42-40-38-36-34-32-30-28-26-23-20-17-14-11-7-2)74-97-101(89,90)95-70-77(84)71-96-102(91,92)98-75-79(100-83(88)69-64-59-54-53-55-60-65-76(5)9-4)73-94-80(85)66-61-56-50-47-24-21-18-15-12-8-3/h76-79,84H,6-75H2,1-5H3,(H,89,90)(H,91,92)/t76?,77-,78-,79-/m1/s1. The third-order valence-corrected chi connectivity index (χ3v) is 21.8. The van der Waals surface area contributed by atoms with Crippen molar-refractivity contribution in [2.24, 2.45) is 5.92 Å². The summed E-state index contributed by atoms with van der Waals surface area (Å²) >= 11 is 0. The molecule has 0 heterocycles. The molecule has 0 aromatic carbocycles. The van der Waals surface area contributed by atoms with E-state index in [2.05, 4.69) is 34.6 Å². The molecule has 6 atom stereocenters. The SMILES string of the molecule is CCCCCCCCCCCCCCCCCCCCCCCC(=O)OC[C@H](COP(=O)(O)OC[C@@H](O)COP(=O)(O)OC[C@@H](COC(=O)CCCCCCCCCCCC)OC(=O)CCCCCCCCC(C)CC)OC(=O)CCCCCCCCCCCCCCCCCCCCCCC. The van der Waals surface area contributed by atoms with Crippen molar-refractivity contribution in [1.82, 2.24) is 0 Å². The van der Waals surface area contributed by atoms with Gasteiger partial charge in [-0.3, -0.25) is 37.3 Å². The van der Waals surface area contributed by atoms with Crippen molar-refractivity contribution in [3.63, 3.8) is 0 Å². The fourth-order valence-corrected chi connectivity index (χ4v) is 14.5. The average molecular weight is 1490 g/mol. The number of ether oxygens (including phenoxy) is 4. The monoisotopic (exact) mass is 1490 g/mol. The highest BCUT2D eigenvalue weighted by Gasteiger charge is 2.30. The van der Waals surface area contributed by atoms with Crippen LogP contribution in [0.1, 0.15) is 446 Å². The van der Waals surface area contributed by atoms with E-state index in [1.807, 2.05) is 0 Å². The molecule has 0 amide bonds. The summed E-state index contributed by atoms with van der Waals surface area (Å²) in [6.07, 6.45) is 68.3. The second kappa shape index (κ2) is 75.9. The van der Waals surface area contributed by atoms with Crippen LogP contribution in [0.2, 0.25) is 0 Å². The molecule has 0 aromatic rings. The van der Waals surface area contributed by atoms with Gasteiger partial charge in [-0.2, -0.15) is 0 Å². The maximum atomic E-state index is 13.1. The molecule has 0 aliphatic rings. The number of hydrogen-bond acceptors (Lipinski definition) is 15. The zero-order valence-corrected chi connectivity index (χ0v) is 68.5. The van der Waals surface area contributed by atoms with E-state index < -0.39 is 97.5 Å². The third kappa shape index (κ3) is 74.9. The van der Waals surface area contributed by atoms with Gasteiger partial charge in [0.2, 0.25) is 0 Å². The minimum atomic E-state index is -4.96. The maximum Gasteiger partial charge on any atom is 0.472 e. The predicted octanol–water partition coefficient (Wildman–Crippen LogP) is 25.2. The summed E-state index contributed by atoms with van der Waals surface area (Å²) < 4.78 is 68.7. The van der Waals surface area contributed by atoms with E-state index in [4.69, 9.17) is 37.0 Å². The summed E-state index contributed by atoms with van der Waals surface area (Å²) in [7, 11) is -9.92. The quantitative estimate of drug-likeness (QED) is 0.0222. The van der Waals surface area contributed by atoms with E-state index in [0.29, 0.717) is 25.7 Å². The molecular formula is C83H162O17P2. The van der Waals surface area contributed by atoms with Gasteiger partial charge in [0.1, 0.15) is 19.3 Å². The van der Waals surface area contributed by atoms with Crippen LogP contribution in [0, 0.1) is 5.92 Å². The minimum absolute atomic E-state index is 0.104. The molecule has 0 saturated heterocycles. The van der Waals surface area contributed by atoms with Gasteiger partial charge in [-0.05, 0) is 31.6 Å². The van der Waals surface area contributed by atoms with E-state index >= 15 is 0 Å². The van der Waals surface area contributed by atoms with Crippen LogP contribution in [0.3, 0.4) is 0 Å². The number of phosphoric ester groups is 2. The van der Waals surface area contributed by atoms with Gasteiger partial charge in [-0.15, -0.1) is 0 Å². The highest BCUT2D eigenvalue weighted by atomic mass is 31.2. The molecule has 0 aromatic heterocycles. The van der Waals surface area contributed by atoms with Crippen LogP contribution in [-0.4, -0.2) is 96.7 Å². The first-order valence-corrected chi connectivity index (χ1v) is 46.2. The summed E-state index contributed by atoms with van der Waals surface area (Å²) in [4.78, 5) is 73.0. The molecule has 0 spiro atoms. The first kappa shape index (κ1) is 100. The lowest BCUT2D eigenvalue weighted by Crippen LogP contribution is -2.30. The summed E-state index contributed by atoms with van der Waals surface area (Å²) in [5.74, 6) is -1.39. The first-order valence-electron chi connectivity index (χ1n) is 43.2. The molecule has 3 N–H and O–H groups in total. The Bertz CT molecular complexity index is 1950. The van der Waals surface area contributed by atoms with Crippen LogP contribution in [0.5, 0.6) is 0 Å². The van der Waals surface area contributed by atoms with Gasteiger partial charge >= 0.3 is 39.5 Å². The van der Waals surface area contributed by atoms with E-state index in [9.17, 15) is 43.2 Å². The number of phosphoric acid groups is 2. The third-order valence-electron chi connectivity index (χ3n) is 19.9. The average Bonchev–Trinajstić information content (AvgIpc) is 0.913. The van der Waals surface area contributed by atoms with Crippen molar-refractivity contribution >= 4 is 39.5 Å². The molecule has 0 radical (unpaired) electrons. The normalized spacial score (nSPS) is 14.1. The summed E-state index contributed by atoms with van der Waals surface area (Å²) in [5.41, 5.74) is 0. The smallest absolute Gasteiger partial charge is 0.462 e. The van der Waals surface area contributed by atoms with Gasteiger partial charge in [0.25, 0.3) is 0 Å². The Hall–Kier alpha value is -1.94. The topological polar surface area (TPSA) is 237 Å². The largest absolute Gasteiger partial charge is 0.472 e. The van der Waals surface area contributed by atoms with Crippen LogP contribution < -0.4 is 0 Å². The van der Waals surface area contributed by atoms with E-state index in [-0.39, 0.29) is 25.7 Å². The Kier molecular flexibility index (Phi) is 74.4. The molecule has 0 rings (SSSR count). The predicted molar refractivity (Wildman–Crippen MR) is 418 cm³/mol. The zero-order chi connectivity index (χ0) is 74.8. The molecular weight excluding hydrogens is 1330 g/mol. The highest BCUT2D eigenvalue weighted by molar-refractivity contribution is 7.47. The van der Waals surface area contributed by atoms with Crippen LogP contribution in [0.15, 0.2) is 0 Å². The summed E-state index contributed by atoms with van der Waals surface area (Å²) in [6, 6.07) is 0. The number of unbranched alkanes of at least 4 members (excludes halogenated alkanes) is 54. The Morgan fingerprint density at radius 3 is 0.696 bits per heavy atom. The first-order chi connectivity index (χ1) is 49.6. The van der Waals surface area contributed by atoms with Gasteiger partial charge in [0, 0.05) is 25.7 Å². The molecule has 606 valence electrons. The summed E-state index contributed by atoms with van der Waals surface area (Å²) in [6.45, 7) is 7.27. The van der Waals surface area contributed by atoms with Gasteiger partial charge in [0.15, 0.2) is 12.2 Å². The molecule has 17 nitrogen and oxygen atoms in total. The van der Waals surface area contributed by atoms with Crippen molar-refractivity contribution in [2.45, 2.75) is 464 Å². The Labute approximate surface area is 626 Å². The van der Waals surface area contributed by atoms with Crippen LogP contribution >= 0.6 is 15.6 Å². The molecule has 3 unspecified atom stereocenters. The lowest BCUT2D eigenvalue weighted by Gasteiger charge is -2.21. The molecule has 0 saturated carbocycles. The van der Waals surface area contributed by atoms with Gasteiger partial charge in [0.05, 0.1) is 26.4 Å². The van der Waals surface area contributed by atoms with Crippen molar-refractivity contribution in [3.05, 3.63) is 0 Å².